The Hall–Kier alpha value is -3.25. The lowest BCUT2D eigenvalue weighted by Crippen LogP contribution is -2.34. The van der Waals surface area contributed by atoms with Gasteiger partial charge in [0.25, 0.3) is 5.69 Å². The maximum absolute atomic E-state index is 13.4. The number of benzene rings is 2. The van der Waals surface area contributed by atoms with E-state index in [4.69, 9.17) is 14.0 Å². The van der Waals surface area contributed by atoms with Crippen molar-refractivity contribution in [3.63, 3.8) is 0 Å². The molecule has 0 radical (unpaired) electrons. The lowest BCUT2D eigenvalue weighted by Gasteiger charge is -2.14. The molecule has 2 aromatic rings. The minimum absolute atomic E-state index is 0.139. The fraction of sp³-hybridized carbons (Fsp3) is 0.250. The normalized spacial score (nSPS) is 11.6. The lowest BCUT2D eigenvalue weighted by molar-refractivity contribution is -0.385. The highest BCUT2D eigenvalue weighted by molar-refractivity contribution is 14.1. The fourth-order valence-electron chi connectivity index (χ4n) is 2.34. The molecular formula is C20H16F2INO11S. The van der Waals surface area contributed by atoms with Crippen LogP contribution in [0.25, 0.3) is 0 Å². The summed E-state index contributed by atoms with van der Waals surface area (Å²) < 4.78 is 71.5. The summed E-state index contributed by atoms with van der Waals surface area (Å²) in [7, 11) is -5.93. The third kappa shape index (κ3) is 7.14. The third-order valence-electron chi connectivity index (χ3n) is 4.19. The van der Waals surface area contributed by atoms with Crippen molar-refractivity contribution >= 4 is 56.3 Å². The molecule has 12 nitrogen and oxygen atoms in total. The van der Waals surface area contributed by atoms with E-state index in [2.05, 4.69) is 4.74 Å². The first-order valence-corrected chi connectivity index (χ1v) is 12.1. The second kappa shape index (κ2) is 11.2. The van der Waals surface area contributed by atoms with Crippen LogP contribution in [0.4, 0.5) is 14.5 Å². The maximum atomic E-state index is 13.4. The van der Waals surface area contributed by atoms with Gasteiger partial charge < -0.3 is 14.2 Å². The first-order valence-electron chi connectivity index (χ1n) is 9.57. The van der Waals surface area contributed by atoms with Crippen molar-refractivity contribution < 1.29 is 55.3 Å². The minimum atomic E-state index is -5.93. The summed E-state index contributed by atoms with van der Waals surface area (Å²) in [6.07, 6.45) is 0. The Morgan fingerprint density at radius 3 is 2.28 bits per heavy atom. The number of rotatable bonds is 9. The predicted octanol–water partition coefficient (Wildman–Crippen LogP) is 3.62. The predicted molar refractivity (Wildman–Crippen MR) is 124 cm³/mol. The number of hydrogen-bond acceptors (Lipinski definition) is 10. The number of carbonyl (C=O) groups is 3. The number of nitro benzene ring substituents is 1. The summed E-state index contributed by atoms with van der Waals surface area (Å²) in [6, 6.07) is 6.44. The molecule has 0 unspecified atom stereocenters. The number of halogens is 3. The van der Waals surface area contributed by atoms with Gasteiger partial charge in [0.15, 0.2) is 6.61 Å². The van der Waals surface area contributed by atoms with Gasteiger partial charge in [0.2, 0.25) is 0 Å². The summed E-state index contributed by atoms with van der Waals surface area (Å²) in [6.45, 7) is 0.994. The summed E-state index contributed by atoms with van der Waals surface area (Å²) in [4.78, 5) is 47.0. The third-order valence-corrected chi connectivity index (χ3v) is 5.73. The van der Waals surface area contributed by atoms with Gasteiger partial charge in [-0.2, -0.15) is 17.2 Å². The van der Waals surface area contributed by atoms with Gasteiger partial charge in [-0.3, -0.25) is 19.5 Å². The van der Waals surface area contributed by atoms with Gasteiger partial charge in [-0.1, -0.05) is 13.8 Å². The second-order valence-corrected chi connectivity index (χ2v) is 10.0. The number of esters is 3. The van der Waals surface area contributed by atoms with Gasteiger partial charge in [0, 0.05) is 15.7 Å². The second-order valence-electron chi connectivity index (χ2n) is 7.23. The number of ether oxygens (including phenoxy) is 3. The Balaban J connectivity index is 2.35. The van der Waals surface area contributed by atoms with Crippen LogP contribution in [0.1, 0.15) is 34.6 Å². The van der Waals surface area contributed by atoms with Gasteiger partial charge >= 0.3 is 33.3 Å². The molecule has 16 heteroatoms. The van der Waals surface area contributed by atoms with E-state index in [1.54, 1.807) is 13.8 Å². The van der Waals surface area contributed by atoms with Crippen LogP contribution in [-0.2, 0) is 19.6 Å². The Labute approximate surface area is 215 Å². The Bertz CT molecular complexity index is 1330. The molecule has 194 valence electrons. The van der Waals surface area contributed by atoms with Crippen LogP contribution in [0.5, 0.6) is 11.5 Å². The van der Waals surface area contributed by atoms with Crippen molar-refractivity contribution in [1.82, 2.24) is 0 Å². The monoisotopic (exact) mass is 643 g/mol. The summed E-state index contributed by atoms with van der Waals surface area (Å²) in [5, 5.41) is 6.35. The Morgan fingerprint density at radius 2 is 1.72 bits per heavy atom. The first-order chi connectivity index (χ1) is 16.5. The molecule has 0 spiro atoms. The van der Waals surface area contributed by atoms with Crippen LogP contribution in [0.15, 0.2) is 36.4 Å². The van der Waals surface area contributed by atoms with Crippen LogP contribution >= 0.6 is 22.6 Å². The standard InChI is InChI=1S/C20H16F2INO11S/c1-10(2)17(25)35-16-7-11(23)3-5-13(16)19(27)34-12-4-6-15(24(28)29)14(8-12)18(26)33-9-20(21,22)36(30,31)32/h3-8,10H,9H2,1-2H3,(H,30,31,32). The van der Waals surface area contributed by atoms with E-state index in [9.17, 15) is 41.7 Å². The van der Waals surface area contributed by atoms with Crippen molar-refractivity contribution in [2.45, 2.75) is 19.1 Å². The molecule has 0 aliphatic rings. The van der Waals surface area contributed by atoms with E-state index in [1.165, 1.54) is 18.2 Å². The van der Waals surface area contributed by atoms with Crippen molar-refractivity contribution in [3.8, 4) is 11.5 Å². The highest BCUT2D eigenvalue weighted by atomic mass is 127. The molecule has 0 fully saturated rings. The largest absolute Gasteiger partial charge is 0.454 e. The lowest BCUT2D eigenvalue weighted by atomic mass is 10.1. The van der Waals surface area contributed by atoms with Crippen LogP contribution in [0.3, 0.4) is 0 Å². The number of carbonyl (C=O) groups excluding carboxylic acids is 3. The molecule has 0 saturated carbocycles. The zero-order chi connectivity index (χ0) is 27.4. The molecule has 0 atom stereocenters. The fourth-order valence-corrected chi connectivity index (χ4v) is 3.01. The molecule has 0 aliphatic heterocycles. The molecule has 0 heterocycles. The highest BCUT2D eigenvalue weighted by Crippen LogP contribution is 2.29. The molecule has 0 aliphatic carbocycles. The summed E-state index contributed by atoms with van der Waals surface area (Å²) in [5.74, 6) is -4.62. The summed E-state index contributed by atoms with van der Waals surface area (Å²) in [5.41, 5.74) is -2.10. The SMILES string of the molecule is CC(C)C(=O)Oc1cc(I)ccc1C(=O)Oc1ccc([N+](=O)[O-])c(C(=O)OCC(F)(F)S(=O)(=O)O)c1. The molecule has 2 aromatic carbocycles. The van der Waals surface area contributed by atoms with Gasteiger partial charge in [0.1, 0.15) is 22.6 Å². The van der Waals surface area contributed by atoms with E-state index in [0.29, 0.717) is 15.7 Å². The Morgan fingerprint density at radius 1 is 1.08 bits per heavy atom. The van der Waals surface area contributed by atoms with Crippen molar-refractivity contribution in [2.75, 3.05) is 6.61 Å². The minimum Gasteiger partial charge on any atom is -0.454 e. The molecular weight excluding hydrogens is 627 g/mol. The smallest absolute Gasteiger partial charge is 0.402 e. The van der Waals surface area contributed by atoms with E-state index in [1.807, 2.05) is 22.6 Å². The molecule has 2 rings (SSSR count). The Kier molecular flexibility index (Phi) is 9.03. The van der Waals surface area contributed by atoms with Gasteiger partial charge in [-0.15, -0.1) is 0 Å². The summed E-state index contributed by atoms with van der Waals surface area (Å²) >= 11 is 1.91. The first kappa shape index (κ1) is 29.0. The highest BCUT2D eigenvalue weighted by Gasteiger charge is 2.46. The average molecular weight is 643 g/mol. The zero-order valence-electron chi connectivity index (χ0n) is 18.3. The number of nitro groups is 1. The maximum Gasteiger partial charge on any atom is 0.402 e. The van der Waals surface area contributed by atoms with Crippen molar-refractivity contribution in [2.24, 2.45) is 5.92 Å². The molecule has 0 amide bonds. The van der Waals surface area contributed by atoms with E-state index in [-0.39, 0.29) is 11.3 Å². The number of nitrogens with zero attached hydrogens (tertiary/aromatic N) is 1. The van der Waals surface area contributed by atoms with Crippen molar-refractivity contribution in [1.29, 1.82) is 0 Å². The molecule has 1 N–H and O–H groups in total. The van der Waals surface area contributed by atoms with Crippen LogP contribution in [-0.4, -0.2) is 47.7 Å². The van der Waals surface area contributed by atoms with E-state index >= 15 is 0 Å². The molecule has 0 aromatic heterocycles. The van der Waals surface area contributed by atoms with Crippen LogP contribution in [0.2, 0.25) is 0 Å². The molecule has 0 saturated heterocycles. The number of alkyl halides is 2. The molecule has 36 heavy (non-hydrogen) atoms. The molecule has 0 bridgehead atoms. The van der Waals surface area contributed by atoms with E-state index in [0.717, 1.165) is 6.07 Å². The van der Waals surface area contributed by atoms with Crippen LogP contribution < -0.4 is 9.47 Å². The zero-order valence-corrected chi connectivity index (χ0v) is 21.2. The number of hydrogen-bond donors (Lipinski definition) is 1. The van der Waals surface area contributed by atoms with Crippen LogP contribution in [0, 0.1) is 19.6 Å². The van der Waals surface area contributed by atoms with E-state index < -0.39 is 67.7 Å². The quantitative estimate of drug-likeness (QED) is 0.105. The van der Waals surface area contributed by atoms with Gasteiger partial charge in [-0.05, 0) is 46.9 Å². The topological polar surface area (TPSA) is 176 Å². The van der Waals surface area contributed by atoms with Gasteiger partial charge in [-0.25, -0.2) is 9.59 Å². The average Bonchev–Trinajstić information content (AvgIpc) is 2.76. The van der Waals surface area contributed by atoms with Crippen molar-refractivity contribution in [3.05, 3.63) is 61.2 Å². The van der Waals surface area contributed by atoms with Gasteiger partial charge in [0.05, 0.1) is 10.8 Å².